The van der Waals surface area contributed by atoms with Crippen molar-refractivity contribution < 1.29 is 14.3 Å². The Morgan fingerprint density at radius 2 is 1.89 bits per heavy atom. The van der Waals surface area contributed by atoms with Crippen LogP contribution >= 0.6 is 0 Å². The Labute approximate surface area is 157 Å². The zero-order valence-corrected chi connectivity index (χ0v) is 15.2. The fraction of sp³-hybridized carbons (Fsp3) is 0.263. The maximum Gasteiger partial charge on any atom is 0.227 e. The van der Waals surface area contributed by atoms with Gasteiger partial charge in [0.05, 0.1) is 20.6 Å². The van der Waals surface area contributed by atoms with E-state index in [9.17, 15) is 4.79 Å². The number of carbonyl (C=O) groups is 1. The lowest BCUT2D eigenvalue weighted by molar-refractivity contribution is -0.120. The Morgan fingerprint density at radius 1 is 1.11 bits per heavy atom. The molecule has 1 aromatic carbocycles. The lowest BCUT2D eigenvalue weighted by Crippen LogP contribution is -2.27. The van der Waals surface area contributed by atoms with Crippen LogP contribution in [-0.2, 0) is 17.6 Å². The first-order valence-electron chi connectivity index (χ1n) is 8.49. The first kappa shape index (κ1) is 18.4. The number of benzene rings is 1. The van der Waals surface area contributed by atoms with Crippen LogP contribution in [0.5, 0.6) is 11.5 Å². The summed E-state index contributed by atoms with van der Waals surface area (Å²) in [5, 5.41) is 9.82. The second-order valence-electron chi connectivity index (χ2n) is 5.81. The summed E-state index contributed by atoms with van der Waals surface area (Å²) in [4.78, 5) is 20.4. The minimum absolute atomic E-state index is 0.118. The number of H-pyrrole nitrogens is 1. The third-order valence-corrected chi connectivity index (χ3v) is 3.98. The minimum atomic E-state index is -0.118. The molecule has 0 saturated heterocycles. The van der Waals surface area contributed by atoms with Gasteiger partial charge in [0.2, 0.25) is 5.91 Å². The van der Waals surface area contributed by atoms with Crippen LogP contribution in [0.25, 0.3) is 11.4 Å². The predicted octanol–water partition coefficient (Wildman–Crippen LogP) is 1.79. The van der Waals surface area contributed by atoms with Crippen molar-refractivity contribution in [1.29, 1.82) is 0 Å². The lowest BCUT2D eigenvalue weighted by atomic mass is 10.1. The van der Waals surface area contributed by atoms with E-state index in [0.29, 0.717) is 36.1 Å². The largest absolute Gasteiger partial charge is 0.493 e. The summed E-state index contributed by atoms with van der Waals surface area (Å²) in [6, 6.07) is 9.34. The number of carbonyl (C=O) groups excluding carboxylic acids is 1. The van der Waals surface area contributed by atoms with E-state index in [1.165, 1.54) is 0 Å². The van der Waals surface area contributed by atoms with Crippen molar-refractivity contribution in [3.05, 3.63) is 54.1 Å². The molecule has 3 aromatic rings. The van der Waals surface area contributed by atoms with Gasteiger partial charge in [-0.15, -0.1) is 0 Å². The lowest BCUT2D eigenvalue weighted by Gasteiger charge is -2.10. The standard InChI is InChI=1S/C19H21N5O3/c1-26-15-4-3-13(11-16(15)27-2)5-10-21-18(25)12-17-22-19(24-23-17)14-6-8-20-9-7-14/h3-4,6-9,11H,5,10,12H2,1-2H3,(H,21,25)(H,22,23,24). The Balaban J connectivity index is 1.50. The summed E-state index contributed by atoms with van der Waals surface area (Å²) in [7, 11) is 3.20. The molecule has 2 N–H and O–H groups in total. The van der Waals surface area contributed by atoms with Gasteiger partial charge in [-0.25, -0.2) is 4.98 Å². The van der Waals surface area contributed by atoms with E-state index < -0.39 is 0 Å². The summed E-state index contributed by atoms with van der Waals surface area (Å²) < 4.78 is 10.5. The Bertz CT molecular complexity index is 895. The van der Waals surface area contributed by atoms with E-state index in [4.69, 9.17) is 9.47 Å². The van der Waals surface area contributed by atoms with Gasteiger partial charge in [-0.3, -0.25) is 14.9 Å². The molecule has 0 unspecified atom stereocenters. The average molecular weight is 367 g/mol. The normalized spacial score (nSPS) is 10.4. The number of ether oxygens (including phenoxy) is 2. The number of nitrogens with one attached hydrogen (secondary N) is 2. The molecule has 0 bridgehead atoms. The Morgan fingerprint density at radius 3 is 2.63 bits per heavy atom. The van der Waals surface area contributed by atoms with E-state index >= 15 is 0 Å². The van der Waals surface area contributed by atoms with Crippen LogP contribution < -0.4 is 14.8 Å². The molecule has 0 aliphatic carbocycles. The summed E-state index contributed by atoms with van der Waals surface area (Å²) in [5.74, 6) is 2.30. The zero-order chi connectivity index (χ0) is 19.1. The van der Waals surface area contributed by atoms with E-state index in [-0.39, 0.29) is 12.3 Å². The van der Waals surface area contributed by atoms with Crippen molar-refractivity contribution >= 4 is 5.91 Å². The van der Waals surface area contributed by atoms with E-state index in [1.807, 2.05) is 30.3 Å². The summed E-state index contributed by atoms with van der Waals surface area (Å²) in [6.07, 6.45) is 4.17. The molecular formula is C19H21N5O3. The molecule has 0 aliphatic rings. The quantitative estimate of drug-likeness (QED) is 0.629. The highest BCUT2D eigenvalue weighted by Gasteiger charge is 2.10. The van der Waals surface area contributed by atoms with Crippen molar-refractivity contribution in [3.8, 4) is 22.9 Å². The highest BCUT2D eigenvalue weighted by Crippen LogP contribution is 2.27. The Kier molecular flexibility index (Phi) is 5.98. The highest BCUT2D eigenvalue weighted by atomic mass is 16.5. The molecule has 0 atom stereocenters. The maximum atomic E-state index is 12.1. The maximum absolute atomic E-state index is 12.1. The first-order valence-corrected chi connectivity index (χ1v) is 8.49. The third kappa shape index (κ3) is 4.81. The second kappa shape index (κ2) is 8.79. The molecule has 3 rings (SSSR count). The number of hydrogen-bond donors (Lipinski definition) is 2. The van der Waals surface area contributed by atoms with Crippen LogP contribution in [0.15, 0.2) is 42.7 Å². The molecule has 0 radical (unpaired) electrons. The monoisotopic (exact) mass is 367 g/mol. The van der Waals surface area contributed by atoms with Gasteiger partial charge < -0.3 is 14.8 Å². The number of methoxy groups -OCH3 is 2. The number of pyridine rings is 1. The van der Waals surface area contributed by atoms with E-state index in [1.54, 1.807) is 26.6 Å². The number of aromatic nitrogens is 4. The molecular weight excluding hydrogens is 346 g/mol. The zero-order valence-electron chi connectivity index (χ0n) is 15.2. The summed E-state index contributed by atoms with van der Waals surface area (Å²) in [5.41, 5.74) is 1.90. The molecule has 0 saturated carbocycles. The number of aromatic amines is 1. The first-order chi connectivity index (χ1) is 13.2. The van der Waals surface area contributed by atoms with Crippen LogP contribution in [-0.4, -0.2) is 46.8 Å². The van der Waals surface area contributed by atoms with Crippen molar-refractivity contribution in [2.24, 2.45) is 0 Å². The van der Waals surface area contributed by atoms with E-state index in [2.05, 4.69) is 25.5 Å². The molecule has 27 heavy (non-hydrogen) atoms. The van der Waals surface area contributed by atoms with Gasteiger partial charge in [-0.05, 0) is 36.2 Å². The molecule has 2 heterocycles. The minimum Gasteiger partial charge on any atom is -0.493 e. The van der Waals surface area contributed by atoms with Crippen molar-refractivity contribution in [3.63, 3.8) is 0 Å². The van der Waals surface area contributed by atoms with E-state index in [0.717, 1.165) is 11.1 Å². The van der Waals surface area contributed by atoms with Gasteiger partial charge in [0, 0.05) is 24.5 Å². The smallest absolute Gasteiger partial charge is 0.227 e. The summed E-state index contributed by atoms with van der Waals surface area (Å²) in [6.45, 7) is 0.514. The molecule has 140 valence electrons. The van der Waals surface area contributed by atoms with Crippen LogP contribution in [0.1, 0.15) is 11.4 Å². The van der Waals surface area contributed by atoms with Crippen LogP contribution in [0.4, 0.5) is 0 Å². The number of hydrogen-bond acceptors (Lipinski definition) is 6. The molecule has 1 amide bonds. The highest BCUT2D eigenvalue weighted by molar-refractivity contribution is 5.77. The molecule has 0 fully saturated rings. The fourth-order valence-electron chi connectivity index (χ4n) is 2.60. The fourth-order valence-corrected chi connectivity index (χ4v) is 2.60. The second-order valence-corrected chi connectivity index (χ2v) is 5.81. The molecule has 0 spiro atoms. The number of nitrogens with zero attached hydrogens (tertiary/aromatic N) is 3. The predicted molar refractivity (Wildman–Crippen MR) is 99.6 cm³/mol. The van der Waals surface area contributed by atoms with Gasteiger partial charge >= 0.3 is 0 Å². The molecule has 8 nitrogen and oxygen atoms in total. The SMILES string of the molecule is COc1ccc(CCNC(=O)Cc2nc(-c3ccncc3)n[nH]2)cc1OC. The molecule has 2 aromatic heterocycles. The third-order valence-electron chi connectivity index (χ3n) is 3.98. The van der Waals surface area contributed by atoms with Gasteiger partial charge in [0.15, 0.2) is 17.3 Å². The number of rotatable bonds is 8. The van der Waals surface area contributed by atoms with Gasteiger partial charge in [0.25, 0.3) is 0 Å². The van der Waals surface area contributed by atoms with Crippen molar-refractivity contribution in [2.45, 2.75) is 12.8 Å². The topological polar surface area (TPSA) is 102 Å². The van der Waals surface area contributed by atoms with Gasteiger partial charge in [0.1, 0.15) is 5.82 Å². The molecule has 8 heteroatoms. The van der Waals surface area contributed by atoms with Crippen LogP contribution in [0.2, 0.25) is 0 Å². The number of amides is 1. The van der Waals surface area contributed by atoms with Gasteiger partial charge in [-0.1, -0.05) is 6.07 Å². The van der Waals surface area contributed by atoms with Crippen LogP contribution in [0.3, 0.4) is 0 Å². The van der Waals surface area contributed by atoms with Crippen LogP contribution in [0, 0.1) is 0 Å². The van der Waals surface area contributed by atoms with Crippen molar-refractivity contribution in [2.75, 3.05) is 20.8 Å². The average Bonchev–Trinajstić information content (AvgIpc) is 3.17. The van der Waals surface area contributed by atoms with Gasteiger partial charge in [-0.2, -0.15) is 5.10 Å². The molecule has 0 aliphatic heterocycles. The Hall–Kier alpha value is -3.42. The van der Waals surface area contributed by atoms with Crippen molar-refractivity contribution in [1.82, 2.24) is 25.5 Å². The summed E-state index contributed by atoms with van der Waals surface area (Å²) >= 11 is 0.